The first-order valence-corrected chi connectivity index (χ1v) is 10.5. The van der Waals surface area contributed by atoms with Crippen molar-refractivity contribution in [3.63, 3.8) is 0 Å². The molecule has 0 heterocycles. The van der Waals surface area contributed by atoms with Gasteiger partial charge >= 0.3 is 0 Å². The number of hydrogen-bond donors (Lipinski definition) is 0. The highest BCUT2D eigenvalue weighted by molar-refractivity contribution is 14.1. The third kappa shape index (κ3) is 4.69. The van der Waals surface area contributed by atoms with Gasteiger partial charge in [0, 0.05) is 0 Å². The molecule has 0 fully saturated rings. The lowest BCUT2D eigenvalue weighted by atomic mass is 10.0. The SMILES string of the molecule is N#C/C(=C/c1ccc(OCc2cccc(F)c2)c(I)c1)c1ccc2ccccc2c1. The summed E-state index contributed by atoms with van der Waals surface area (Å²) in [7, 11) is 0. The molecule has 0 aliphatic rings. The maximum atomic E-state index is 13.3. The molecule has 0 saturated heterocycles. The van der Waals surface area contributed by atoms with E-state index >= 15 is 0 Å². The lowest BCUT2D eigenvalue weighted by Gasteiger charge is -2.09. The minimum absolute atomic E-state index is 0.274. The number of nitrogens with zero attached hydrogens (tertiary/aromatic N) is 1. The normalized spacial score (nSPS) is 11.3. The highest BCUT2D eigenvalue weighted by Gasteiger charge is 2.06. The predicted molar refractivity (Wildman–Crippen MR) is 127 cm³/mol. The average molecular weight is 505 g/mol. The van der Waals surface area contributed by atoms with E-state index in [2.05, 4.69) is 34.7 Å². The number of halogens is 2. The lowest BCUT2D eigenvalue weighted by Crippen LogP contribution is -1.97. The Balaban J connectivity index is 1.56. The third-order valence-corrected chi connectivity index (χ3v) is 5.57. The van der Waals surface area contributed by atoms with Crippen LogP contribution in [0.2, 0.25) is 0 Å². The number of rotatable bonds is 5. The van der Waals surface area contributed by atoms with Crippen molar-refractivity contribution < 1.29 is 9.13 Å². The summed E-state index contributed by atoms with van der Waals surface area (Å²) in [5.74, 6) is 0.449. The van der Waals surface area contributed by atoms with Crippen LogP contribution in [0.4, 0.5) is 4.39 Å². The maximum Gasteiger partial charge on any atom is 0.133 e. The molecule has 4 rings (SSSR count). The van der Waals surface area contributed by atoms with E-state index in [0.717, 1.165) is 36.8 Å². The molecule has 0 bridgehead atoms. The van der Waals surface area contributed by atoms with Crippen LogP contribution >= 0.6 is 22.6 Å². The smallest absolute Gasteiger partial charge is 0.133 e. The first kappa shape index (κ1) is 20.1. The van der Waals surface area contributed by atoms with Crippen molar-refractivity contribution in [2.75, 3.05) is 0 Å². The fourth-order valence-corrected chi connectivity index (χ4v) is 3.91. The topological polar surface area (TPSA) is 33.0 Å². The van der Waals surface area contributed by atoms with E-state index in [0.29, 0.717) is 12.2 Å². The summed E-state index contributed by atoms with van der Waals surface area (Å²) in [6.07, 6.45) is 1.88. The minimum atomic E-state index is -0.274. The van der Waals surface area contributed by atoms with Gasteiger partial charge in [-0.25, -0.2) is 4.39 Å². The highest BCUT2D eigenvalue weighted by Crippen LogP contribution is 2.27. The van der Waals surface area contributed by atoms with Gasteiger partial charge in [0.2, 0.25) is 0 Å². The monoisotopic (exact) mass is 505 g/mol. The molecular formula is C26H17FINO. The van der Waals surface area contributed by atoms with Gasteiger partial charge in [0.05, 0.1) is 15.2 Å². The number of ether oxygens (including phenoxy) is 1. The zero-order chi connectivity index (χ0) is 20.9. The molecule has 0 aliphatic heterocycles. The molecule has 0 N–H and O–H groups in total. The second-order valence-corrected chi connectivity index (χ2v) is 8.00. The van der Waals surface area contributed by atoms with E-state index in [4.69, 9.17) is 4.74 Å². The van der Waals surface area contributed by atoms with Gasteiger partial charge in [-0.05, 0) is 86.5 Å². The fourth-order valence-electron chi connectivity index (χ4n) is 3.22. The van der Waals surface area contributed by atoms with Crippen LogP contribution in [0.1, 0.15) is 16.7 Å². The standard InChI is InChI=1S/C26H17FINO/c27-24-7-3-4-19(13-24)17-30-26-11-8-18(14-25(26)28)12-23(16-29)22-10-9-20-5-1-2-6-21(20)15-22/h1-15H,17H2/b23-12-. The van der Waals surface area contributed by atoms with Crippen LogP contribution in [0, 0.1) is 20.7 Å². The highest BCUT2D eigenvalue weighted by atomic mass is 127. The number of benzene rings is 4. The molecule has 0 unspecified atom stereocenters. The summed E-state index contributed by atoms with van der Waals surface area (Å²) in [6.45, 7) is 0.295. The van der Waals surface area contributed by atoms with Crippen molar-refractivity contribution >= 4 is 45.0 Å². The van der Waals surface area contributed by atoms with Crippen molar-refractivity contribution in [1.82, 2.24) is 0 Å². The summed E-state index contributed by atoms with van der Waals surface area (Å²) in [5, 5.41) is 11.9. The van der Waals surface area contributed by atoms with E-state index in [1.165, 1.54) is 12.1 Å². The Morgan fingerprint density at radius 2 is 1.77 bits per heavy atom. The molecule has 4 aromatic carbocycles. The van der Waals surface area contributed by atoms with Gasteiger partial charge in [-0.3, -0.25) is 0 Å². The van der Waals surface area contributed by atoms with Crippen LogP contribution in [0.15, 0.2) is 84.9 Å². The Bertz CT molecular complexity index is 1290. The van der Waals surface area contributed by atoms with Gasteiger partial charge in [0.1, 0.15) is 18.2 Å². The quantitative estimate of drug-likeness (QED) is 0.163. The predicted octanol–water partition coefficient (Wildman–Crippen LogP) is 7.23. The molecule has 2 nitrogen and oxygen atoms in total. The first-order chi connectivity index (χ1) is 14.6. The van der Waals surface area contributed by atoms with E-state index in [1.807, 2.05) is 66.7 Å². The van der Waals surface area contributed by atoms with E-state index in [1.54, 1.807) is 6.07 Å². The summed E-state index contributed by atoms with van der Waals surface area (Å²) < 4.78 is 20.1. The number of hydrogen-bond acceptors (Lipinski definition) is 2. The molecule has 4 heteroatoms. The van der Waals surface area contributed by atoms with Crippen molar-refractivity contribution in [2.45, 2.75) is 6.61 Å². The van der Waals surface area contributed by atoms with Crippen LogP contribution in [0.3, 0.4) is 0 Å². The fraction of sp³-hybridized carbons (Fsp3) is 0.0385. The van der Waals surface area contributed by atoms with Crippen LogP contribution in [0.25, 0.3) is 22.4 Å². The van der Waals surface area contributed by atoms with Crippen LogP contribution in [0.5, 0.6) is 5.75 Å². The largest absolute Gasteiger partial charge is 0.488 e. The van der Waals surface area contributed by atoms with E-state index < -0.39 is 0 Å². The second kappa shape index (κ2) is 9.10. The van der Waals surface area contributed by atoms with Crippen LogP contribution < -0.4 is 4.74 Å². The molecule has 0 saturated carbocycles. The van der Waals surface area contributed by atoms with Gasteiger partial charge in [0.25, 0.3) is 0 Å². The maximum absolute atomic E-state index is 13.3. The Morgan fingerprint density at radius 1 is 0.933 bits per heavy atom. The minimum Gasteiger partial charge on any atom is -0.488 e. The summed E-state index contributed by atoms with van der Waals surface area (Å²) in [6, 6.07) is 28.6. The molecule has 146 valence electrons. The number of allylic oxidation sites excluding steroid dienone is 1. The van der Waals surface area contributed by atoms with Gasteiger partial charge < -0.3 is 4.74 Å². The van der Waals surface area contributed by atoms with Crippen molar-refractivity contribution in [3.05, 3.63) is 111 Å². The Kier molecular flexibility index (Phi) is 6.10. The van der Waals surface area contributed by atoms with Crippen molar-refractivity contribution in [3.8, 4) is 11.8 Å². The third-order valence-electron chi connectivity index (χ3n) is 4.73. The Hall–Kier alpha value is -3.17. The van der Waals surface area contributed by atoms with Crippen LogP contribution in [-0.4, -0.2) is 0 Å². The number of nitriles is 1. The van der Waals surface area contributed by atoms with Gasteiger partial charge in [0.15, 0.2) is 0 Å². The molecule has 0 radical (unpaired) electrons. The zero-order valence-electron chi connectivity index (χ0n) is 16.0. The molecular weight excluding hydrogens is 488 g/mol. The molecule has 30 heavy (non-hydrogen) atoms. The second-order valence-electron chi connectivity index (χ2n) is 6.84. The Morgan fingerprint density at radius 3 is 2.53 bits per heavy atom. The number of fused-ring (bicyclic) bond motifs is 1. The Labute approximate surface area is 188 Å². The average Bonchev–Trinajstić information content (AvgIpc) is 2.76. The summed E-state index contributed by atoms with van der Waals surface area (Å²) in [4.78, 5) is 0. The van der Waals surface area contributed by atoms with Gasteiger partial charge in [-0.2, -0.15) is 5.26 Å². The van der Waals surface area contributed by atoms with Crippen LogP contribution in [-0.2, 0) is 6.61 Å². The lowest BCUT2D eigenvalue weighted by molar-refractivity contribution is 0.303. The molecule has 0 aliphatic carbocycles. The molecule has 0 atom stereocenters. The molecule has 0 spiro atoms. The van der Waals surface area contributed by atoms with Gasteiger partial charge in [-0.1, -0.05) is 54.6 Å². The summed E-state index contributed by atoms with van der Waals surface area (Å²) in [5.41, 5.74) is 3.18. The molecule has 0 aromatic heterocycles. The molecule has 0 amide bonds. The van der Waals surface area contributed by atoms with Crippen molar-refractivity contribution in [2.24, 2.45) is 0 Å². The molecule has 4 aromatic rings. The first-order valence-electron chi connectivity index (χ1n) is 9.40. The zero-order valence-corrected chi connectivity index (χ0v) is 18.1. The van der Waals surface area contributed by atoms with E-state index in [9.17, 15) is 9.65 Å². The summed E-state index contributed by atoms with van der Waals surface area (Å²) >= 11 is 2.21. The van der Waals surface area contributed by atoms with Crippen molar-refractivity contribution in [1.29, 1.82) is 5.26 Å². The van der Waals surface area contributed by atoms with Gasteiger partial charge in [-0.15, -0.1) is 0 Å². The van der Waals surface area contributed by atoms with E-state index in [-0.39, 0.29) is 5.82 Å².